The molecule has 0 spiro atoms. The fourth-order valence-corrected chi connectivity index (χ4v) is 2.94. The second-order valence-corrected chi connectivity index (χ2v) is 6.21. The Bertz CT molecular complexity index is 427. The fourth-order valence-electron chi connectivity index (χ4n) is 2.94. The Kier molecular flexibility index (Phi) is 4.28. The Morgan fingerprint density at radius 1 is 1.16 bits per heavy atom. The number of hydrogen-bond donors (Lipinski definition) is 0. The molecule has 1 amide bonds. The van der Waals surface area contributed by atoms with Crippen LogP contribution in [0.2, 0.25) is 0 Å². The molecule has 1 heterocycles. The van der Waals surface area contributed by atoms with Gasteiger partial charge in [0.15, 0.2) is 0 Å². The van der Waals surface area contributed by atoms with Crippen molar-refractivity contribution in [2.24, 2.45) is 0 Å². The Morgan fingerprint density at radius 2 is 1.74 bits per heavy atom. The van der Waals surface area contributed by atoms with Crippen molar-refractivity contribution in [1.29, 1.82) is 0 Å². The van der Waals surface area contributed by atoms with Gasteiger partial charge in [0.25, 0.3) is 5.91 Å². The molecular formula is C17H25NO. The SMILES string of the molecule is CCCC(C)(C)c1ccc(C(=O)N2CCCC2)cc1. The lowest BCUT2D eigenvalue weighted by Crippen LogP contribution is -2.27. The van der Waals surface area contributed by atoms with Gasteiger partial charge in [0, 0.05) is 18.7 Å². The van der Waals surface area contributed by atoms with Gasteiger partial charge >= 0.3 is 0 Å². The molecule has 1 aliphatic heterocycles. The quantitative estimate of drug-likeness (QED) is 0.800. The first-order valence-corrected chi connectivity index (χ1v) is 7.44. The zero-order valence-corrected chi connectivity index (χ0v) is 12.4. The first kappa shape index (κ1) is 14.1. The Labute approximate surface area is 116 Å². The molecule has 2 nitrogen and oxygen atoms in total. The van der Waals surface area contributed by atoms with Crippen LogP contribution < -0.4 is 0 Å². The summed E-state index contributed by atoms with van der Waals surface area (Å²) in [5.41, 5.74) is 2.36. The van der Waals surface area contributed by atoms with E-state index in [1.807, 2.05) is 17.0 Å². The minimum atomic E-state index is 0.192. The van der Waals surface area contributed by atoms with Crippen LogP contribution >= 0.6 is 0 Å². The van der Waals surface area contributed by atoms with Gasteiger partial charge in [-0.2, -0.15) is 0 Å². The zero-order chi connectivity index (χ0) is 13.9. The van der Waals surface area contributed by atoms with E-state index in [0.717, 1.165) is 31.5 Å². The maximum absolute atomic E-state index is 12.3. The van der Waals surface area contributed by atoms with E-state index in [1.165, 1.54) is 18.4 Å². The number of hydrogen-bond acceptors (Lipinski definition) is 1. The number of rotatable bonds is 4. The number of amides is 1. The molecule has 0 bridgehead atoms. The highest BCUT2D eigenvalue weighted by Crippen LogP contribution is 2.28. The van der Waals surface area contributed by atoms with Crippen LogP contribution in [0.25, 0.3) is 0 Å². The van der Waals surface area contributed by atoms with E-state index in [2.05, 4.69) is 32.9 Å². The largest absolute Gasteiger partial charge is 0.339 e. The first-order valence-electron chi connectivity index (χ1n) is 7.44. The lowest BCUT2D eigenvalue weighted by molar-refractivity contribution is 0.0793. The van der Waals surface area contributed by atoms with E-state index >= 15 is 0 Å². The lowest BCUT2D eigenvalue weighted by atomic mass is 9.80. The van der Waals surface area contributed by atoms with E-state index in [4.69, 9.17) is 0 Å². The van der Waals surface area contributed by atoms with E-state index in [0.29, 0.717) is 0 Å². The molecular weight excluding hydrogens is 234 g/mol. The summed E-state index contributed by atoms with van der Waals surface area (Å²) in [4.78, 5) is 14.2. The molecule has 0 aliphatic carbocycles. The molecule has 19 heavy (non-hydrogen) atoms. The first-order chi connectivity index (χ1) is 9.04. The molecule has 2 rings (SSSR count). The monoisotopic (exact) mass is 259 g/mol. The van der Waals surface area contributed by atoms with Gasteiger partial charge in [-0.25, -0.2) is 0 Å². The van der Waals surface area contributed by atoms with Crippen molar-refractivity contribution in [2.45, 2.75) is 51.9 Å². The van der Waals surface area contributed by atoms with Crippen molar-refractivity contribution in [3.05, 3.63) is 35.4 Å². The van der Waals surface area contributed by atoms with Gasteiger partial charge in [-0.1, -0.05) is 39.3 Å². The molecule has 2 heteroatoms. The van der Waals surface area contributed by atoms with Crippen molar-refractivity contribution < 1.29 is 4.79 Å². The average Bonchev–Trinajstić information content (AvgIpc) is 2.92. The van der Waals surface area contributed by atoms with Crippen LogP contribution in [0.1, 0.15) is 62.4 Å². The number of benzene rings is 1. The number of carbonyl (C=O) groups is 1. The highest BCUT2D eigenvalue weighted by Gasteiger charge is 2.22. The summed E-state index contributed by atoms with van der Waals surface area (Å²) < 4.78 is 0. The summed E-state index contributed by atoms with van der Waals surface area (Å²) in [6.07, 6.45) is 4.65. The predicted molar refractivity (Wildman–Crippen MR) is 79.5 cm³/mol. The molecule has 0 radical (unpaired) electrons. The number of carbonyl (C=O) groups excluding carboxylic acids is 1. The van der Waals surface area contributed by atoms with Gasteiger partial charge in [-0.3, -0.25) is 4.79 Å². The molecule has 1 aliphatic rings. The van der Waals surface area contributed by atoms with Gasteiger partial charge in [-0.15, -0.1) is 0 Å². The Balaban J connectivity index is 2.11. The standard InChI is InChI=1S/C17H25NO/c1-4-11-17(2,3)15-9-7-14(8-10-15)16(19)18-12-5-6-13-18/h7-10H,4-6,11-13H2,1-3H3. The third kappa shape index (κ3) is 3.17. The van der Waals surface area contributed by atoms with E-state index in [1.54, 1.807) is 0 Å². The summed E-state index contributed by atoms with van der Waals surface area (Å²) >= 11 is 0. The summed E-state index contributed by atoms with van der Waals surface area (Å²) in [6.45, 7) is 8.60. The fraction of sp³-hybridized carbons (Fsp3) is 0.588. The number of nitrogens with zero attached hydrogens (tertiary/aromatic N) is 1. The van der Waals surface area contributed by atoms with Crippen LogP contribution in [0.3, 0.4) is 0 Å². The van der Waals surface area contributed by atoms with Crippen LogP contribution in [-0.4, -0.2) is 23.9 Å². The van der Waals surface area contributed by atoms with Crippen LogP contribution in [-0.2, 0) is 5.41 Å². The molecule has 104 valence electrons. The van der Waals surface area contributed by atoms with Crippen molar-refractivity contribution in [1.82, 2.24) is 4.90 Å². The minimum absolute atomic E-state index is 0.192. The molecule has 0 atom stereocenters. The van der Waals surface area contributed by atoms with Gasteiger partial charge < -0.3 is 4.90 Å². The highest BCUT2D eigenvalue weighted by atomic mass is 16.2. The van der Waals surface area contributed by atoms with Crippen molar-refractivity contribution >= 4 is 5.91 Å². The Hall–Kier alpha value is -1.31. The maximum atomic E-state index is 12.3. The molecule has 0 aromatic heterocycles. The molecule has 1 saturated heterocycles. The van der Waals surface area contributed by atoms with E-state index in [-0.39, 0.29) is 11.3 Å². The van der Waals surface area contributed by atoms with Crippen molar-refractivity contribution in [3.63, 3.8) is 0 Å². The average molecular weight is 259 g/mol. The topological polar surface area (TPSA) is 20.3 Å². The second-order valence-electron chi connectivity index (χ2n) is 6.21. The molecule has 0 unspecified atom stereocenters. The third-order valence-electron chi connectivity index (χ3n) is 4.18. The van der Waals surface area contributed by atoms with Crippen LogP contribution in [0, 0.1) is 0 Å². The predicted octanol–water partition coefficient (Wildman–Crippen LogP) is 4.00. The van der Waals surface area contributed by atoms with Gasteiger partial charge in [0.05, 0.1) is 0 Å². The van der Waals surface area contributed by atoms with Crippen LogP contribution in [0.4, 0.5) is 0 Å². The van der Waals surface area contributed by atoms with Gasteiger partial charge in [-0.05, 0) is 42.4 Å². The van der Waals surface area contributed by atoms with Crippen LogP contribution in [0.15, 0.2) is 24.3 Å². The van der Waals surface area contributed by atoms with Gasteiger partial charge in [0.1, 0.15) is 0 Å². The summed E-state index contributed by atoms with van der Waals surface area (Å²) in [5, 5.41) is 0. The molecule has 1 fully saturated rings. The normalized spacial score (nSPS) is 15.8. The van der Waals surface area contributed by atoms with Gasteiger partial charge in [0.2, 0.25) is 0 Å². The highest BCUT2D eigenvalue weighted by molar-refractivity contribution is 5.94. The number of likely N-dealkylation sites (tertiary alicyclic amines) is 1. The van der Waals surface area contributed by atoms with E-state index in [9.17, 15) is 4.79 Å². The molecule has 0 N–H and O–H groups in total. The summed E-state index contributed by atoms with van der Waals surface area (Å²) in [7, 11) is 0. The minimum Gasteiger partial charge on any atom is -0.339 e. The summed E-state index contributed by atoms with van der Waals surface area (Å²) in [5.74, 6) is 0.192. The maximum Gasteiger partial charge on any atom is 0.253 e. The molecule has 1 aromatic rings. The van der Waals surface area contributed by atoms with Crippen molar-refractivity contribution in [3.8, 4) is 0 Å². The van der Waals surface area contributed by atoms with Crippen LogP contribution in [0.5, 0.6) is 0 Å². The lowest BCUT2D eigenvalue weighted by Gasteiger charge is -2.25. The van der Waals surface area contributed by atoms with E-state index < -0.39 is 0 Å². The third-order valence-corrected chi connectivity index (χ3v) is 4.18. The van der Waals surface area contributed by atoms with Crippen molar-refractivity contribution in [2.75, 3.05) is 13.1 Å². The smallest absolute Gasteiger partial charge is 0.253 e. The zero-order valence-electron chi connectivity index (χ0n) is 12.4. The second kappa shape index (κ2) is 5.77. The molecule has 1 aromatic carbocycles. The Morgan fingerprint density at radius 3 is 2.26 bits per heavy atom. The molecule has 0 saturated carbocycles. The summed E-state index contributed by atoms with van der Waals surface area (Å²) in [6, 6.07) is 8.23.